The number of nitrogens with one attached hydrogen (secondary N) is 1. The monoisotopic (exact) mass is 187 g/mol. The normalized spacial score (nSPS) is 14.2. The number of nitrogens with two attached hydrogens (primary N) is 1. The second-order valence-corrected chi connectivity index (χ2v) is 3.10. The van der Waals surface area contributed by atoms with Crippen molar-refractivity contribution in [3.63, 3.8) is 0 Å². The number of guanidine groups is 1. The van der Waals surface area contributed by atoms with Crippen LogP contribution in [0.2, 0.25) is 0 Å². The van der Waals surface area contributed by atoms with Gasteiger partial charge in [-0.1, -0.05) is 20.3 Å². The standard InChI is InChI=1S/C9H21N3O/c1-3-5-8(13)7-12-9(10)11-6-4-2/h8,13H,3-7H2,1-2H3,(H3,10,11,12). The van der Waals surface area contributed by atoms with Gasteiger partial charge in [0.05, 0.1) is 12.6 Å². The van der Waals surface area contributed by atoms with Crippen molar-refractivity contribution in [2.75, 3.05) is 13.1 Å². The molecule has 13 heavy (non-hydrogen) atoms. The molecule has 1 unspecified atom stereocenters. The molecule has 0 aromatic rings. The minimum Gasteiger partial charge on any atom is -0.391 e. The van der Waals surface area contributed by atoms with Crippen molar-refractivity contribution >= 4 is 5.96 Å². The van der Waals surface area contributed by atoms with Crippen molar-refractivity contribution in [3.05, 3.63) is 0 Å². The molecule has 4 nitrogen and oxygen atoms in total. The Hall–Kier alpha value is -0.770. The molecule has 0 spiro atoms. The largest absolute Gasteiger partial charge is 0.391 e. The number of hydrogen-bond donors (Lipinski definition) is 3. The van der Waals surface area contributed by atoms with Gasteiger partial charge in [-0.05, 0) is 12.8 Å². The highest BCUT2D eigenvalue weighted by atomic mass is 16.3. The predicted molar refractivity (Wildman–Crippen MR) is 55.7 cm³/mol. The first-order valence-electron chi connectivity index (χ1n) is 4.92. The van der Waals surface area contributed by atoms with Gasteiger partial charge < -0.3 is 16.2 Å². The summed E-state index contributed by atoms with van der Waals surface area (Å²) in [6, 6.07) is 0. The van der Waals surface area contributed by atoms with Gasteiger partial charge in [-0.3, -0.25) is 4.99 Å². The number of hydrogen-bond acceptors (Lipinski definition) is 2. The molecule has 0 heterocycles. The maximum absolute atomic E-state index is 9.33. The molecule has 0 aliphatic heterocycles. The highest BCUT2D eigenvalue weighted by Gasteiger charge is 2.00. The molecule has 0 aliphatic rings. The Bertz CT molecular complexity index is 148. The van der Waals surface area contributed by atoms with Crippen molar-refractivity contribution in [3.8, 4) is 0 Å². The van der Waals surface area contributed by atoms with Gasteiger partial charge in [0.25, 0.3) is 0 Å². The van der Waals surface area contributed by atoms with E-state index in [0.29, 0.717) is 12.5 Å². The summed E-state index contributed by atoms with van der Waals surface area (Å²) in [5, 5.41) is 12.3. The molecule has 0 aromatic carbocycles. The zero-order chi connectivity index (χ0) is 10.1. The molecule has 0 rings (SSSR count). The third kappa shape index (κ3) is 7.59. The first kappa shape index (κ1) is 12.2. The number of aliphatic imine (C=N–C) groups is 1. The summed E-state index contributed by atoms with van der Waals surface area (Å²) in [4.78, 5) is 4.01. The Kier molecular flexibility index (Phi) is 7.39. The molecule has 0 aromatic heterocycles. The van der Waals surface area contributed by atoms with Crippen molar-refractivity contribution in [1.82, 2.24) is 5.32 Å². The van der Waals surface area contributed by atoms with Crippen LogP contribution in [-0.2, 0) is 0 Å². The summed E-state index contributed by atoms with van der Waals surface area (Å²) < 4.78 is 0. The number of aliphatic hydroxyl groups excluding tert-OH is 1. The molecule has 78 valence electrons. The van der Waals surface area contributed by atoms with Crippen LogP contribution in [0.1, 0.15) is 33.1 Å². The van der Waals surface area contributed by atoms with E-state index in [2.05, 4.69) is 17.2 Å². The smallest absolute Gasteiger partial charge is 0.188 e. The second kappa shape index (κ2) is 7.86. The molecule has 4 heteroatoms. The summed E-state index contributed by atoms with van der Waals surface area (Å²) >= 11 is 0. The molecular weight excluding hydrogens is 166 g/mol. The molecule has 0 aliphatic carbocycles. The SMILES string of the molecule is CCCNC(N)=NCC(O)CCC. The summed E-state index contributed by atoms with van der Waals surface area (Å²) in [5.74, 6) is 0.428. The van der Waals surface area contributed by atoms with E-state index in [1.165, 1.54) is 0 Å². The lowest BCUT2D eigenvalue weighted by molar-refractivity contribution is 0.172. The van der Waals surface area contributed by atoms with Crippen molar-refractivity contribution in [1.29, 1.82) is 0 Å². The van der Waals surface area contributed by atoms with Crippen LogP contribution in [0.3, 0.4) is 0 Å². The lowest BCUT2D eigenvalue weighted by Gasteiger charge is -2.07. The molecule has 0 fully saturated rings. The van der Waals surface area contributed by atoms with Crippen LogP contribution in [0.25, 0.3) is 0 Å². The number of rotatable bonds is 6. The summed E-state index contributed by atoms with van der Waals surface area (Å²) in [6.07, 6.45) is 2.42. The maximum atomic E-state index is 9.33. The first-order valence-corrected chi connectivity index (χ1v) is 4.92. The highest BCUT2D eigenvalue weighted by molar-refractivity contribution is 5.77. The zero-order valence-corrected chi connectivity index (χ0v) is 8.58. The Morgan fingerprint density at radius 2 is 2.15 bits per heavy atom. The molecule has 0 bridgehead atoms. The average Bonchev–Trinajstić information content (AvgIpc) is 2.12. The van der Waals surface area contributed by atoms with Crippen molar-refractivity contribution in [2.24, 2.45) is 10.7 Å². The minimum absolute atomic E-state index is 0.355. The van der Waals surface area contributed by atoms with Crippen LogP contribution in [0.4, 0.5) is 0 Å². The van der Waals surface area contributed by atoms with E-state index in [1.54, 1.807) is 0 Å². The molecule has 0 amide bonds. The van der Waals surface area contributed by atoms with Gasteiger partial charge in [-0.25, -0.2) is 0 Å². The molecule has 1 atom stereocenters. The van der Waals surface area contributed by atoms with Gasteiger partial charge in [0, 0.05) is 6.54 Å². The van der Waals surface area contributed by atoms with E-state index >= 15 is 0 Å². The zero-order valence-electron chi connectivity index (χ0n) is 8.58. The molecular formula is C9H21N3O. The van der Waals surface area contributed by atoms with Crippen LogP contribution < -0.4 is 11.1 Å². The van der Waals surface area contributed by atoms with Gasteiger partial charge in [0.15, 0.2) is 5.96 Å². The fraction of sp³-hybridized carbons (Fsp3) is 0.889. The van der Waals surface area contributed by atoms with Gasteiger partial charge in [0.1, 0.15) is 0 Å². The van der Waals surface area contributed by atoms with E-state index in [0.717, 1.165) is 25.8 Å². The lowest BCUT2D eigenvalue weighted by atomic mass is 10.2. The third-order valence-electron chi connectivity index (χ3n) is 1.65. The highest BCUT2D eigenvalue weighted by Crippen LogP contribution is 1.95. The average molecular weight is 187 g/mol. The Balaban J connectivity index is 3.56. The fourth-order valence-electron chi connectivity index (χ4n) is 0.937. The molecule has 0 saturated heterocycles. The van der Waals surface area contributed by atoms with Crippen LogP contribution in [0.5, 0.6) is 0 Å². The van der Waals surface area contributed by atoms with Crippen molar-refractivity contribution in [2.45, 2.75) is 39.2 Å². The van der Waals surface area contributed by atoms with E-state index < -0.39 is 0 Å². The molecule has 0 radical (unpaired) electrons. The number of aliphatic hydroxyl groups is 1. The lowest BCUT2D eigenvalue weighted by Crippen LogP contribution is -2.33. The van der Waals surface area contributed by atoms with Crippen molar-refractivity contribution < 1.29 is 5.11 Å². The molecule has 4 N–H and O–H groups in total. The first-order chi connectivity index (χ1) is 6.20. The van der Waals surface area contributed by atoms with E-state index in [-0.39, 0.29) is 6.10 Å². The summed E-state index contributed by atoms with van der Waals surface area (Å²) in [5.41, 5.74) is 5.53. The van der Waals surface area contributed by atoms with Gasteiger partial charge in [-0.15, -0.1) is 0 Å². The van der Waals surface area contributed by atoms with E-state index in [1.807, 2.05) is 6.92 Å². The topological polar surface area (TPSA) is 70.6 Å². The maximum Gasteiger partial charge on any atom is 0.188 e. The van der Waals surface area contributed by atoms with Gasteiger partial charge in [-0.2, -0.15) is 0 Å². The third-order valence-corrected chi connectivity index (χ3v) is 1.65. The van der Waals surface area contributed by atoms with Crippen LogP contribution in [0.15, 0.2) is 4.99 Å². The second-order valence-electron chi connectivity index (χ2n) is 3.10. The van der Waals surface area contributed by atoms with Crippen LogP contribution in [-0.4, -0.2) is 30.3 Å². The van der Waals surface area contributed by atoms with E-state index in [4.69, 9.17) is 5.73 Å². The van der Waals surface area contributed by atoms with Gasteiger partial charge >= 0.3 is 0 Å². The summed E-state index contributed by atoms with van der Waals surface area (Å²) in [7, 11) is 0. The van der Waals surface area contributed by atoms with Gasteiger partial charge in [0.2, 0.25) is 0 Å². The van der Waals surface area contributed by atoms with Crippen LogP contribution in [0, 0.1) is 0 Å². The van der Waals surface area contributed by atoms with E-state index in [9.17, 15) is 5.11 Å². The Morgan fingerprint density at radius 1 is 1.46 bits per heavy atom. The predicted octanol–water partition coefficient (Wildman–Crippen LogP) is 0.462. The summed E-state index contributed by atoms with van der Waals surface area (Å²) in [6.45, 7) is 5.33. The van der Waals surface area contributed by atoms with Crippen LogP contribution >= 0.6 is 0 Å². The Morgan fingerprint density at radius 3 is 2.69 bits per heavy atom. The molecule has 0 saturated carbocycles. The fourth-order valence-corrected chi connectivity index (χ4v) is 0.937. The Labute approximate surface area is 80.2 Å². The number of nitrogens with zero attached hydrogens (tertiary/aromatic N) is 1. The minimum atomic E-state index is -0.355. The quantitative estimate of drug-likeness (QED) is 0.418.